The van der Waals surface area contributed by atoms with Gasteiger partial charge in [-0.15, -0.1) is 0 Å². The number of fused-ring (bicyclic) bond motifs is 1. The highest BCUT2D eigenvalue weighted by Crippen LogP contribution is 2.18. The Labute approximate surface area is 217 Å². The highest BCUT2D eigenvalue weighted by Gasteiger charge is 2.30. The Morgan fingerprint density at radius 2 is 1.78 bits per heavy atom. The predicted molar refractivity (Wildman–Crippen MR) is 140 cm³/mol. The van der Waals surface area contributed by atoms with Gasteiger partial charge in [-0.25, -0.2) is 0 Å². The molecule has 1 aliphatic rings. The van der Waals surface area contributed by atoms with Gasteiger partial charge in [0.25, 0.3) is 5.91 Å². The first-order valence-corrected chi connectivity index (χ1v) is 12.8. The quantitative estimate of drug-likeness (QED) is 0.426. The van der Waals surface area contributed by atoms with E-state index in [-0.39, 0.29) is 37.0 Å². The fraction of sp³-hybridized carbons (Fsp3) is 0.429. The van der Waals surface area contributed by atoms with E-state index in [0.717, 1.165) is 12.0 Å². The maximum absolute atomic E-state index is 13.1. The number of para-hydroxylation sites is 1. The Kier molecular flexibility index (Phi) is 10.5. The zero-order chi connectivity index (χ0) is 26.6. The van der Waals surface area contributed by atoms with E-state index in [2.05, 4.69) is 21.3 Å². The van der Waals surface area contributed by atoms with E-state index in [0.29, 0.717) is 25.1 Å². The molecule has 0 aliphatic carbocycles. The topological polar surface area (TPSA) is 126 Å². The third-order valence-electron chi connectivity index (χ3n) is 6.40. The van der Waals surface area contributed by atoms with Crippen molar-refractivity contribution in [3.63, 3.8) is 0 Å². The largest absolute Gasteiger partial charge is 0.491 e. The van der Waals surface area contributed by atoms with E-state index in [9.17, 15) is 19.2 Å². The highest BCUT2D eigenvalue weighted by molar-refractivity contribution is 6.01. The van der Waals surface area contributed by atoms with Gasteiger partial charge in [0.15, 0.2) is 0 Å². The number of rotatable bonds is 7. The van der Waals surface area contributed by atoms with Gasteiger partial charge >= 0.3 is 0 Å². The molecule has 3 rings (SSSR count). The van der Waals surface area contributed by atoms with Crippen LogP contribution in [-0.2, 0) is 20.8 Å². The molecule has 0 saturated carbocycles. The lowest BCUT2D eigenvalue weighted by molar-refractivity contribution is -0.132. The molecule has 0 radical (unpaired) electrons. The first-order valence-electron chi connectivity index (χ1n) is 12.8. The van der Waals surface area contributed by atoms with Crippen LogP contribution in [0.4, 0.5) is 0 Å². The number of nitrogens with one attached hydrogen (secondary N) is 4. The molecule has 0 spiro atoms. The first kappa shape index (κ1) is 27.7. The van der Waals surface area contributed by atoms with E-state index in [1.807, 2.05) is 44.2 Å². The molecule has 0 unspecified atom stereocenters. The molecule has 4 N–H and O–H groups in total. The number of benzene rings is 2. The van der Waals surface area contributed by atoms with E-state index in [1.165, 1.54) is 0 Å². The maximum atomic E-state index is 13.1. The molecular formula is C28H36N4O5. The molecule has 9 nitrogen and oxygen atoms in total. The van der Waals surface area contributed by atoms with Crippen LogP contribution < -0.4 is 26.0 Å². The Morgan fingerprint density at radius 1 is 1.05 bits per heavy atom. The lowest BCUT2D eigenvalue weighted by Crippen LogP contribution is -2.54. The van der Waals surface area contributed by atoms with Crippen molar-refractivity contribution in [1.29, 1.82) is 0 Å². The lowest BCUT2D eigenvalue weighted by Gasteiger charge is -2.25. The zero-order valence-electron chi connectivity index (χ0n) is 21.4. The molecule has 1 heterocycles. The molecular weight excluding hydrogens is 472 g/mol. The van der Waals surface area contributed by atoms with Gasteiger partial charge in [-0.05, 0) is 36.5 Å². The SMILES string of the molecule is CC[C@H](C)[C@@H]1NC(=O)C[C@@H](C(=O)NCCCc2ccccc2)NC(=O)c2ccccc2OCCNC1=O. The summed E-state index contributed by atoms with van der Waals surface area (Å²) in [6.07, 6.45) is 1.86. The zero-order valence-corrected chi connectivity index (χ0v) is 21.4. The van der Waals surface area contributed by atoms with E-state index >= 15 is 0 Å². The molecule has 0 fully saturated rings. The van der Waals surface area contributed by atoms with Crippen LogP contribution >= 0.6 is 0 Å². The summed E-state index contributed by atoms with van der Waals surface area (Å²) in [5, 5.41) is 11.1. The van der Waals surface area contributed by atoms with Gasteiger partial charge in [0.05, 0.1) is 18.5 Å². The van der Waals surface area contributed by atoms with Gasteiger partial charge in [0.1, 0.15) is 24.4 Å². The smallest absolute Gasteiger partial charge is 0.255 e. The fourth-order valence-corrected chi connectivity index (χ4v) is 4.06. The van der Waals surface area contributed by atoms with Crippen LogP contribution in [0.25, 0.3) is 0 Å². The van der Waals surface area contributed by atoms with Crippen molar-refractivity contribution in [2.45, 2.75) is 51.6 Å². The lowest BCUT2D eigenvalue weighted by atomic mass is 9.97. The van der Waals surface area contributed by atoms with E-state index < -0.39 is 29.8 Å². The Balaban J connectivity index is 1.75. The molecule has 3 atom stereocenters. The van der Waals surface area contributed by atoms with Gasteiger partial charge in [-0.3, -0.25) is 19.2 Å². The van der Waals surface area contributed by atoms with Gasteiger partial charge in [-0.1, -0.05) is 62.7 Å². The van der Waals surface area contributed by atoms with Crippen LogP contribution in [-0.4, -0.2) is 55.4 Å². The average molecular weight is 509 g/mol. The number of carbonyl (C=O) groups excluding carboxylic acids is 4. The average Bonchev–Trinajstić information content (AvgIpc) is 2.91. The number of hydrogen-bond acceptors (Lipinski definition) is 5. The van der Waals surface area contributed by atoms with Crippen LogP contribution in [0.15, 0.2) is 54.6 Å². The molecule has 9 heteroatoms. The third kappa shape index (κ3) is 8.34. The fourth-order valence-electron chi connectivity index (χ4n) is 4.06. The molecule has 198 valence electrons. The van der Waals surface area contributed by atoms with Crippen LogP contribution in [0.1, 0.15) is 49.0 Å². The second kappa shape index (κ2) is 14.0. The van der Waals surface area contributed by atoms with Crippen molar-refractivity contribution in [2.24, 2.45) is 5.92 Å². The third-order valence-corrected chi connectivity index (χ3v) is 6.40. The van der Waals surface area contributed by atoms with Crippen LogP contribution in [0.3, 0.4) is 0 Å². The van der Waals surface area contributed by atoms with Crippen molar-refractivity contribution >= 4 is 23.6 Å². The van der Waals surface area contributed by atoms with Gasteiger partial charge in [-0.2, -0.15) is 0 Å². The first-order chi connectivity index (χ1) is 17.9. The summed E-state index contributed by atoms with van der Waals surface area (Å²) in [5.74, 6) is -1.59. The summed E-state index contributed by atoms with van der Waals surface area (Å²) in [7, 11) is 0. The summed E-state index contributed by atoms with van der Waals surface area (Å²) in [6.45, 7) is 4.55. The monoisotopic (exact) mass is 508 g/mol. The molecule has 0 bridgehead atoms. The highest BCUT2D eigenvalue weighted by atomic mass is 16.5. The Bertz CT molecular complexity index is 1080. The van der Waals surface area contributed by atoms with Gasteiger partial charge in [0, 0.05) is 6.54 Å². The van der Waals surface area contributed by atoms with Crippen molar-refractivity contribution in [2.75, 3.05) is 19.7 Å². The molecule has 0 aromatic heterocycles. The minimum Gasteiger partial charge on any atom is -0.491 e. The standard InChI is InChI=1S/C28H36N4O5/c1-3-19(2)25-28(36)30-16-17-37-23-14-8-7-13-21(23)26(34)31-22(18-24(33)32-25)27(35)29-15-9-12-20-10-5-4-6-11-20/h4-8,10-11,13-14,19,22,25H,3,9,12,15-18H2,1-2H3,(H,29,35)(H,30,36)(H,31,34)(H,32,33)/t19-,22-,25-/m0/s1. The second-order valence-electron chi connectivity index (χ2n) is 9.18. The summed E-state index contributed by atoms with van der Waals surface area (Å²) in [6, 6.07) is 14.7. The minimum atomic E-state index is -1.12. The summed E-state index contributed by atoms with van der Waals surface area (Å²) >= 11 is 0. The number of amides is 4. The summed E-state index contributed by atoms with van der Waals surface area (Å²) in [5.41, 5.74) is 1.40. The summed E-state index contributed by atoms with van der Waals surface area (Å²) in [4.78, 5) is 52.0. The minimum absolute atomic E-state index is 0.127. The number of hydrogen-bond donors (Lipinski definition) is 4. The predicted octanol–water partition coefficient (Wildman–Crippen LogP) is 1.96. The van der Waals surface area contributed by atoms with Crippen molar-refractivity contribution < 1.29 is 23.9 Å². The molecule has 4 amide bonds. The van der Waals surface area contributed by atoms with E-state index in [4.69, 9.17) is 4.74 Å². The van der Waals surface area contributed by atoms with Gasteiger partial charge in [0.2, 0.25) is 17.7 Å². The number of carbonyl (C=O) groups is 4. The normalized spacial score (nSPS) is 19.7. The van der Waals surface area contributed by atoms with Crippen LogP contribution in [0.2, 0.25) is 0 Å². The van der Waals surface area contributed by atoms with Crippen molar-refractivity contribution in [3.8, 4) is 5.75 Å². The van der Waals surface area contributed by atoms with Crippen molar-refractivity contribution in [1.82, 2.24) is 21.3 Å². The second-order valence-corrected chi connectivity index (χ2v) is 9.18. The number of ether oxygens (including phenoxy) is 1. The molecule has 1 aliphatic heterocycles. The molecule has 2 aromatic rings. The van der Waals surface area contributed by atoms with E-state index in [1.54, 1.807) is 24.3 Å². The number of aryl methyl sites for hydroxylation is 1. The Hall–Kier alpha value is -3.88. The van der Waals surface area contributed by atoms with Crippen LogP contribution in [0, 0.1) is 5.92 Å². The molecule has 2 aromatic carbocycles. The Morgan fingerprint density at radius 3 is 2.54 bits per heavy atom. The van der Waals surface area contributed by atoms with Crippen molar-refractivity contribution in [3.05, 3.63) is 65.7 Å². The molecule has 37 heavy (non-hydrogen) atoms. The summed E-state index contributed by atoms with van der Waals surface area (Å²) < 4.78 is 5.75. The molecule has 0 saturated heterocycles. The van der Waals surface area contributed by atoms with Gasteiger partial charge < -0.3 is 26.0 Å². The maximum Gasteiger partial charge on any atom is 0.255 e. The van der Waals surface area contributed by atoms with Crippen LogP contribution in [0.5, 0.6) is 5.75 Å².